The third-order valence-corrected chi connectivity index (χ3v) is 6.15. The molecule has 116 valence electrons. The summed E-state index contributed by atoms with van der Waals surface area (Å²) in [6, 6.07) is 12.5. The summed E-state index contributed by atoms with van der Waals surface area (Å²) < 4.78 is 0. The highest BCUT2D eigenvalue weighted by atomic mass is 32.2. The number of amides is 1. The van der Waals surface area contributed by atoms with Crippen molar-refractivity contribution in [2.75, 3.05) is 20.1 Å². The predicted octanol–water partition coefficient (Wildman–Crippen LogP) is 3.47. The smallest absolute Gasteiger partial charge is 0.255 e. The third-order valence-electron chi connectivity index (χ3n) is 3.97. The van der Waals surface area contributed by atoms with Gasteiger partial charge in [0.05, 0.1) is 5.56 Å². The molecule has 1 aliphatic heterocycles. The van der Waals surface area contributed by atoms with Crippen LogP contribution in [0.25, 0.3) is 0 Å². The summed E-state index contributed by atoms with van der Waals surface area (Å²) in [5, 5.41) is 5.41. The number of rotatable bonds is 5. The van der Waals surface area contributed by atoms with Crippen molar-refractivity contribution in [3.8, 4) is 0 Å². The largest absolute Gasteiger partial charge is 0.337 e. The topological polar surface area (TPSA) is 32.3 Å². The first-order valence-electron chi connectivity index (χ1n) is 7.48. The lowest BCUT2D eigenvalue weighted by Crippen LogP contribution is -2.38. The molecule has 0 spiro atoms. The van der Waals surface area contributed by atoms with Gasteiger partial charge in [0, 0.05) is 35.2 Å². The fraction of sp³-hybridized carbons (Fsp3) is 0.353. The first kappa shape index (κ1) is 15.6. The van der Waals surface area contributed by atoms with Crippen LogP contribution in [-0.4, -0.2) is 37.0 Å². The van der Waals surface area contributed by atoms with Crippen LogP contribution in [0.3, 0.4) is 0 Å². The molecule has 1 unspecified atom stereocenters. The number of thiophene rings is 1. The first-order chi connectivity index (χ1) is 10.8. The van der Waals surface area contributed by atoms with Crippen LogP contribution >= 0.6 is 23.1 Å². The van der Waals surface area contributed by atoms with E-state index in [0.29, 0.717) is 6.04 Å². The van der Waals surface area contributed by atoms with E-state index in [1.165, 1.54) is 4.88 Å². The fourth-order valence-electron chi connectivity index (χ4n) is 2.64. The standard InChI is InChI=1S/C17H20N2OS2/c1-19(13-8-9-18-11-13)17(20)15-6-2-3-7-16(15)22-12-14-5-4-10-21-14/h2-7,10,13,18H,8-9,11-12H2,1H3. The second-order valence-corrected chi connectivity index (χ2v) is 7.48. The highest BCUT2D eigenvalue weighted by Gasteiger charge is 2.25. The average Bonchev–Trinajstić information content (AvgIpc) is 3.25. The molecule has 0 radical (unpaired) electrons. The summed E-state index contributed by atoms with van der Waals surface area (Å²) in [5.74, 6) is 1.04. The molecule has 1 fully saturated rings. The molecular weight excluding hydrogens is 312 g/mol. The molecule has 0 saturated carbocycles. The molecule has 1 aromatic heterocycles. The van der Waals surface area contributed by atoms with Crippen LogP contribution in [0.1, 0.15) is 21.7 Å². The number of benzene rings is 1. The van der Waals surface area contributed by atoms with Gasteiger partial charge in [-0.1, -0.05) is 18.2 Å². The molecule has 3 rings (SSSR count). The van der Waals surface area contributed by atoms with Gasteiger partial charge in [-0.05, 0) is 36.5 Å². The quantitative estimate of drug-likeness (QED) is 0.851. The number of thioether (sulfide) groups is 1. The Labute approximate surface area is 139 Å². The molecule has 1 aliphatic rings. The Kier molecular flexibility index (Phi) is 5.18. The van der Waals surface area contributed by atoms with Crippen LogP contribution < -0.4 is 5.32 Å². The summed E-state index contributed by atoms with van der Waals surface area (Å²) in [5.41, 5.74) is 0.818. The fourth-order valence-corrected chi connectivity index (χ4v) is 4.46. The van der Waals surface area contributed by atoms with Crippen LogP contribution in [0.5, 0.6) is 0 Å². The maximum absolute atomic E-state index is 12.8. The summed E-state index contributed by atoms with van der Waals surface area (Å²) >= 11 is 3.50. The van der Waals surface area contributed by atoms with E-state index in [1.807, 2.05) is 36.2 Å². The van der Waals surface area contributed by atoms with Crippen molar-refractivity contribution in [2.45, 2.75) is 23.1 Å². The summed E-state index contributed by atoms with van der Waals surface area (Å²) in [6.45, 7) is 1.89. The predicted molar refractivity (Wildman–Crippen MR) is 93.7 cm³/mol. The second kappa shape index (κ2) is 7.31. The van der Waals surface area contributed by atoms with Crippen molar-refractivity contribution in [1.29, 1.82) is 0 Å². The first-order valence-corrected chi connectivity index (χ1v) is 9.34. The van der Waals surface area contributed by atoms with Gasteiger partial charge in [-0.3, -0.25) is 4.79 Å². The van der Waals surface area contributed by atoms with Gasteiger partial charge in [-0.25, -0.2) is 0 Å². The number of hydrogen-bond acceptors (Lipinski definition) is 4. The molecule has 1 amide bonds. The van der Waals surface area contributed by atoms with E-state index in [9.17, 15) is 4.79 Å². The van der Waals surface area contributed by atoms with Crippen LogP contribution in [0, 0.1) is 0 Å². The third kappa shape index (κ3) is 3.54. The molecule has 5 heteroatoms. The minimum absolute atomic E-state index is 0.128. The lowest BCUT2D eigenvalue weighted by Gasteiger charge is -2.24. The van der Waals surface area contributed by atoms with E-state index in [1.54, 1.807) is 23.1 Å². The van der Waals surface area contributed by atoms with Crippen molar-refractivity contribution in [3.05, 3.63) is 52.2 Å². The summed E-state index contributed by atoms with van der Waals surface area (Å²) in [4.78, 5) is 17.1. The Morgan fingerprint density at radius 3 is 2.95 bits per heavy atom. The zero-order valence-corrected chi connectivity index (χ0v) is 14.3. The lowest BCUT2D eigenvalue weighted by molar-refractivity contribution is 0.0740. The molecular formula is C17H20N2OS2. The van der Waals surface area contributed by atoms with Crippen LogP contribution in [0.15, 0.2) is 46.7 Å². The van der Waals surface area contributed by atoms with Gasteiger partial charge < -0.3 is 10.2 Å². The molecule has 1 aromatic carbocycles. The molecule has 2 heterocycles. The molecule has 3 nitrogen and oxygen atoms in total. The van der Waals surface area contributed by atoms with E-state index in [-0.39, 0.29) is 5.91 Å². The second-order valence-electron chi connectivity index (χ2n) is 5.43. The van der Waals surface area contributed by atoms with E-state index < -0.39 is 0 Å². The van der Waals surface area contributed by atoms with Gasteiger partial charge in [-0.15, -0.1) is 23.1 Å². The highest BCUT2D eigenvalue weighted by Crippen LogP contribution is 2.29. The summed E-state index contributed by atoms with van der Waals surface area (Å²) in [6.07, 6.45) is 1.03. The van der Waals surface area contributed by atoms with E-state index in [0.717, 1.165) is 35.7 Å². The van der Waals surface area contributed by atoms with E-state index in [4.69, 9.17) is 0 Å². The Bertz CT molecular complexity index is 621. The number of carbonyl (C=O) groups excluding carboxylic acids is 1. The molecule has 22 heavy (non-hydrogen) atoms. The maximum Gasteiger partial charge on any atom is 0.255 e. The molecule has 1 atom stereocenters. The Balaban J connectivity index is 1.73. The lowest BCUT2D eigenvalue weighted by atomic mass is 10.1. The van der Waals surface area contributed by atoms with Gasteiger partial charge in [-0.2, -0.15) is 0 Å². The minimum Gasteiger partial charge on any atom is -0.337 e. The van der Waals surface area contributed by atoms with Crippen LogP contribution in [0.4, 0.5) is 0 Å². The molecule has 1 saturated heterocycles. The minimum atomic E-state index is 0.128. The number of hydrogen-bond donors (Lipinski definition) is 1. The SMILES string of the molecule is CN(C(=O)c1ccccc1SCc1cccs1)C1CCNC1. The Hall–Kier alpha value is -1.30. The van der Waals surface area contributed by atoms with Crippen molar-refractivity contribution in [1.82, 2.24) is 10.2 Å². The van der Waals surface area contributed by atoms with Gasteiger partial charge in [0.1, 0.15) is 0 Å². The highest BCUT2D eigenvalue weighted by molar-refractivity contribution is 7.98. The van der Waals surface area contributed by atoms with Crippen molar-refractivity contribution >= 4 is 29.0 Å². The monoisotopic (exact) mass is 332 g/mol. The Morgan fingerprint density at radius 2 is 2.23 bits per heavy atom. The van der Waals surface area contributed by atoms with E-state index in [2.05, 4.69) is 22.8 Å². The zero-order chi connectivity index (χ0) is 15.4. The van der Waals surface area contributed by atoms with Crippen LogP contribution in [-0.2, 0) is 5.75 Å². The molecule has 2 aromatic rings. The molecule has 1 N–H and O–H groups in total. The van der Waals surface area contributed by atoms with E-state index >= 15 is 0 Å². The average molecular weight is 332 g/mol. The van der Waals surface area contributed by atoms with Crippen molar-refractivity contribution < 1.29 is 4.79 Å². The molecule has 0 aliphatic carbocycles. The van der Waals surface area contributed by atoms with Gasteiger partial charge in [0.25, 0.3) is 5.91 Å². The maximum atomic E-state index is 12.8. The van der Waals surface area contributed by atoms with Gasteiger partial charge in [0.15, 0.2) is 0 Å². The van der Waals surface area contributed by atoms with Gasteiger partial charge in [0.2, 0.25) is 0 Å². The zero-order valence-electron chi connectivity index (χ0n) is 12.6. The van der Waals surface area contributed by atoms with Crippen LogP contribution in [0.2, 0.25) is 0 Å². The number of carbonyl (C=O) groups is 1. The molecule has 0 bridgehead atoms. The van der Waals surface area contributed by atoms with Crippen molar-refractivity contribution in [2.24, 2.45) is 0 Å². The normalized spacial score (nSPS) is 17.6. The summed E-state index contributed by atoms with van der Waals surface area (Å²) in [7, 11) is 1.92. The number of nitrogens with zero attached hydrogens (tertiary/aromatic N) is 1. The van der Waals surface area contributed by atoms with Crippen molar-refractivity contribution in [3.63, 3.8) is 0 Å². The van der Waals surface area contributed by atoms with Gasteiger partial charge >= 0.3 is 0 Å². The number of nitrogens with one attached hydrogen (secondary N) is 1. The Morgan fingerprint density at radius 1 is 1.36 bits per heavy atom. The number of likely N-dealkylation sites (N-methyl/N-ethyl adjacent to an activating group) is 1.